The molecule has 0 bridgehead atoms. The Bertz CT molecular complexity index is 1690. The van der Waals surface area contributed by atoms with Crippen molar-refractivity contribution in [2.75, 3.05) is 79.8 Å². The van der Waals surface area contributed by atoms with E-state index in [-0.39, 0.29) is 12.0 Å². The third kappa shape index (κ3) is 10.4. The van der Waals surface area contributed by atoms with E-state index in [1.807, 2.05) is 42.5 Å². The van der Waals surface area contributed by atoms with Gasteiger partial charge in [0.25, 0.3) is 0 Å². The van der Waals surface area contributed by atoms with Gasteiger partial charge in [-0.3, -0.25) is 4.90 Å². The number of likely N-dealkylation sites (tertiary alicyclic amines) is 1. The van der Waals surface area contributed by atoms with Crippen LogP contribution in [0.4, 0.5) is 4.79 Å². The number of hydrogen-bond acceptors (Lipinski definition) is 8. The molecule has 0 aromatic heterocycles. The predicted octanol–water partition coefficient (Wildman–Crippen LogP) is 6.51. The number of carbonyl (C=O) groups is 1. The molecule has 0 saturated carbocycles. The van der Waals surface area contributed by atoms with Gasteiger partial charge in [0.15, 0.2) is 0 Å². The van der Waals surface area contributed by atoms with Crippen LogP contribution in [0.15, 0.2) is 84.9 Å². The number of carboxylic acid groups (broad SMARTS) is 1. The third-order valence-corrected chi connectivity index (χ3v) is 9.90. The molecular weight excluding hydrogens is 646 g/mol. The first-order valence-corrected chi connectivity index (χ1v) is 18.0. The van der Waals surface area contributed by atoms with Crippen LogP contribution in [0.2, 0.25) is 0 Å². The van der Waals surface area contributed by atoms with E-state index in [1.165, 1.54) is 4.90 Å². The molecule has 51 heavy (non-hydrogen) atoms. The number of hydrogen-bond donors (Lipinski definition) is 1. The molecule has 2 atom stereocenters. The van der Waals surface area contributed by atoms with Crippen molar-refractivity contribution in [1.29, 1.82) is 0 Å². The van der Waals surface area contributed by atoms with Crippen LogP contribution < -0.4 is 14.2 Å². The molecule has 10 nitrogen and oxygen atoms in total. The van der Waals surface area contributed by atoms with E-state index in [9.17, 15) is 9.90 Å². The van der Waals surface area contributed by atoms with Crippen LogP contribution in [0.25, 0.3) is 10.8 Å². The van der Waals surface area contributed by atoms with Gasteiger partial charge in [-0.05, 0) is 71.8 Å². The van der Waals surface area contributed by atoms with E-state index in [0.29, 0.717) is 52.5 Å². The Hall–Kier alpha value is -4.35. The van der Waals surface area contributed by atoms with Gasteiger partial charge in [0.2, 0.25) is 0 Å². The average molecular weight is 698 g/mol. The van der Waals surface area contributed by atoms with Gasteiger partial charge in [0.1, 0.15) is 23.9 Å². The molecule has 2 aliphatic heterocycles. The zero-order chi connectivity index (χ0) is 35.4. The van der Waals surface area contributed by atoms with Crippen LogP contribution in [-0.4, -0.2) is 112 Å². The van der Waals surface area contributed by atoms with Crippen LogP contribution >= 0.6 is 0 Å². The molecule has 4 aromatic rings. The monoisotopic (exact) mass is 697 g/mol. The van der Waals surface area contributed by atoms with Crippen molar-refractivity contribution in [2.24, 2.45) is 0 Å². The quantitative estimate of drug-likeness (QED) is 0.132. The van der Waals surface area contributed by atoms with Gasteiger partial charge < -0.3 is 38.6 Å². The zero-order valence-electron chi connectivity index (χ0n) is 29.9. The number of piperazine rings is 1. The largest absolute Gasteiger partial charge is 0.496 e. The van der Waals surface area contributed by atoms with Gasteiger partial charge in [0.05, 0.1) is 46.2 Å². The summed E-state index contributed by atoms with van der Waals surface area (Å²) in [5.74, 6) is 2.56. The molecule has 2 saturated heterocycles. The Kier molecular flexibility index (Phi) is 13.0. The van der Waals surface area contributed by atoms with Crippen molar-refractivity contribution >= 4 is 16.9 Å². The number of ether oxygens (including phenoxy) is 5. The molecule has 1 amide bonds. The Morgan fingerprint density at radius 3 is 2.37 bits per heavy atom. The molecule has 0 radical (unpaired) electrons. The minimum atomic E-state index is -0.913. The molecule has 2 unspecified atom stereocenters. The summed E-state index contributed by atoms with van der Waals surface area (Å²) in [6.07, 6.45) is 0.263. The lowest BCUT2D eigenvalue weighted by Crippen LogP contribution is -2.46. The summed E-state index contributed by atoms with van der Waals surface area (Å²) in [6.45, 7) is 8.76. The normalized spacial score (nSPS) is 18.5. The molecule has 2 aliphatic rings. The van der Waals surface area contributed by atoms with E-state index >= 15 is 0 Å². The maximum atomic E-state index is 11.9. The van der Waals surface area contributed by atoms with Gasteiger partial charge in [-0.25, -0.2) is 4.79 Å². The number of piperidine rings is 1. The summed E-state index contributed by atoms with van der Waals surface area (Å²) in [5, 5.41) is 12.0. The first-order chi connectivity index (χ1) is 24.9. The lowest BCUT2D eigenvalue weighted by atomic mass is 9.87. The van der Waals surface area contributed by atoms with Gasteiger partial charge in [-0.15, -0.1) is 0 Å². The van der Waals surface area contributed by atoms with Crippen molar-refractivity contribution in [2.45, 2.75) is 38.1 Å². The number of para-hydroxylation sites is 1. The Morgan fingerprint density at radius 2 is 1.57 bits per heavy atom. The van der Waals surface area contributed by atoms with Crippen LogP contribution in [-0.2, 0) is 22.7 Å². The molecule has 6 rings (SSSR count). The summed E-state index contributed by atoms with van der Waals surface area (Å²) in [6, 6.07) is 28.5. The highest BCUT2D eigenvalue weighted by Gasteiger charge is 2.33. The first-order valence-electron chi connectivity index (χ1n) is 18.0. The first kappa shape index (κ1) is 36.4. The Labute approximate surface area is 301 Å². The second-order valence-electron chi connectivity index (χ2n) is 13.4. The van der Waals surface area contributed by atoms with E-state index in [0.717, 1.165) is 83.9 Å². The van der Waals surface area contributed by atoms with Crippen molar-refractivity contribution in [1.82, 2.24) is 14.7 Å². The second kappa shape index (κ2) is 18.2. The van der Waals surface area contributed by atoms with Crippen LogP contribution in [0.3, 0.4) is 0 Å². The minimum Gasteiger partial charge on any atom is -0.496 e. The highest BCUT2D eigenvalue weighted by molar-refractivity contribution is 5.84. The molecular formula is C41H51N3O7. The third-order valence-electron chi connectivity index (χ3n) is 9.90. The Balaban J connectivity index is 1.00. The van der Waals surface area contributed by atoms with E-state index in [1.54, 1.807) is 7.11 Å². The SMILES string of the molecule is COc1ccccc1COCCCOc1ccc(C2CCN(C(=O)O)CC2OCc2ccc3ccc(OCCN4CCN(C)CC4)cc3c2)cc1. The standard InChI is InChI=1S/C41H51N3O7/c1-42-18-20-43(21-19-42)22-25-50-37-15-10-32-9-8-31(26-35(32)27-37)29-51-40-28-44(41(45)46)17-16-38(40)33-11-13-36(14-12-33)49-24-5-23-48-30-34-6-3-4-7-39(34)47-2/h3-4,6-15,26-27,38,40H,5,16-25,28-30H2,1-2H3,(H,45,46). The maximum Gasteiger partial charge on any atom is 0.407 e. The van der Waals surface area contributed by atoms with Crippen LogP contribution in [0.5, 0.6) is 17.2 Å². The number of methoxy groups -OCH3 is 1. The van der Waals surface area contributed by atoms with Crippen molar-refractivity contribution in [3.63, 3.8) is 0 Å². The summed E-state index contributed by atoms with van der Waals surface area (Å²) in [4.78, 5) is 18.2. The topological polar surface area (TPSA) is 93.2 Å². The zero-order valence-corrected chi connectivity index (χ0v) is 29.9. The fraction of sp³-hybridized carbons (Fsp3) is 0.439. The highest BCUT2D eigenvalue weighted by Crippen LogP contribution is 2.33. The number of amides is 1. The van der Waals surface area contributed by atoms with Crippen molar-refractivity contribution < 1.29 is 33.6 Å². The number of rotatable bonds is 16. The summed E-state index contributed by atoms with van der Waals surface area (Å²) in [5.41, 5.74) is 3.19. The summed E-state index contributed by atoms with van der Waals surface area (Å²) < 4.78 is 29.9. The molecule has 0 spiro atoms. The lowest BCUT2D eigenvalue weighted by molar-refractivity contribution is -0.0199. The molecule has 10 heteroatoms. The second-order valence-corrected chi connectivity index (χ2v) is 13.4. The average Bonchev–Trinajstić information content (AvgIpc) is 3.16. The maximum absolute atomic E-state index is 11.9. The molecule has 2 heterocycles. The number of likely N-dealkylation sites (N-methyl/N-ethyl adjacent to an activating group) is 1. The summed E-state index contributed by atoms with van der Waals surface area (Å²) >= 11 is 0. The van der Waals surface area contributed by atoms with Gasteiger partial charge in [-0.1, -0.05) is 48.5 Å². The minimum absolute atomic E-state index is 0.0683. The molecule has 1 N–H and O–H groups in total. The molecule has 2 fully saturated rings. The predicted molar refractivity (Wildman–Crippen MR) is 198 cm³/mol. The smallest absolute Gasteiger partial charge is 0.407 e. The fourth-order valence-corrected chi connectivity index (χ4v) is 6.83. The van der Waals surface area contributed by atoms with Crippen molar-refractivity contribution in [3.05, 3.63) is 102 Å². The lowest BCUT2D eigenvalue weighted by Gasteiger charge is -2.37. The van der Waals surface area contributed by atoms with Crippen molar-refractivity contribution in [3.8, 4) is 17.2 Å². The van der Waals surface area contributed by atoms with E-state index in [4.69, 9.17) is 23.7 Å². The Morgan fingerprint density at radius 1 is 0.804 bits per heavy atom. The number of benzene rings is 4. The van der Waals surface area contributed by atoms with E-state index in [2.05, 4.69) is 59.3 Å². The molecule has 0 aliphatic carbocycles. The van der Waals surface area contributed by atoms with Gasteiger partial charge in [-0.2, -0.15) is 0 Å². The highest BCUT2D eigenvalue weighted by atomic mass is 16.5. The van der Waals surface area contributed by atoms with Gasteiger partial charge >= 0.3 is 6.09 Å². The van der Waals surface area contributed by atoms with E-state index < -0.39 is 6.09 Å². The number of nitrogens with zero attached hydrogens (tertiary/aromatic N) is 3. The summed E-state index contributed by atoms with van der Waals surface area (Å²) in [7, 11) is 3.83. The van der Waals surface area contributed by atoms with Gasteiger partial charge in [0, 0.05) is 57.2 Å². The van der Waals surface area contributed by atoms with Crippen LogP contribution in [0, 0.1) is 0 Å². The molecule has 272 valence electrons. The number of fused-ring (bicyclic) bond motifs is 1. The molecule has 4 aromatic carbocycles. The van der Waals surface area contributed by atoms with Crippen LogP contribution in [0.1, 0.15) is 35.4 Å². The fourth-order valence-electron chi connectivity index (χ4n) is 6.83.